The molecule has 5 heteroatoms. The first-order valence-corrected chi connectivity index (χ1v) is 2.22. The molecule has 46 valence electrons. The van der Waals surface area contributed by atoms with Gasteiger partial charge in [0.05, 0.1) is 7.11 Å². The van der Waals surface area contributed by atoms with Crippen molar-refractivity contribution in [2.75, 3.05) is 7.11 Å². The van der Waals surface area contributed by atoms with Crippen molar-refractivity contribution >= 4 is 23.9 Å². The highest BCUT2D eigenvalue weighted by atomic mass is 32.1. The number of amidine groups is 1. The Hall–Kier alpha value is -0.710. The van der Waals surface area contributed by atoms with Crippen molar-refractivity contribution in [3.05, 3.63) is 0 Å². The minimum Gasteiger partial charge on any atom is -0.468 e. The van der Waals surface area contributed by atoms with E-state index in [9.17, 15) is 4.79 Å². The molecule has 0 aromatic carbocycles. The van der Waals surface area contributed by atoms with Crippen molar-refractivity contribution in [3.63, 3.8) is 0 Å². The molecule has 8 heavy (non-hydrogen) atoms. The summed E-state index contributed by atoms with van der Waals surface area (Å²) in [5.41, 5.74) is 4.93. The second-order valence-electron chi connectivity index (χ2n) is 0.937. The molecule has 0 aliphatic carbocycles. The molecule has 0 aromatic heterocycles. The van der Waals surface area contributed by atoms with E-state index in [-0.39, 0.29) is 6.02 Å². The second kappa shape index (κ2) is 3.31. The monoisotopic (exact) mass is 134 g/mol. The summed E-state index contributed by atoms with van der Waals surface area (Å²) in [6.07, 6.45) is 0. The number of nitrogens with zero attached hydrogens (tertiary/aromatic N) is 1. The summed E-state index contributed by atoms with van der Waals surface area (Å²) < 4.78 is 4.32. The van der Waals surface area contributed by atoms with E-state index in [1.165, 1.54) is 7.11 Å². The zero-order valence-electron chi connectivity index (χ0n) is 4.29. The van der Waals surface area contributed by atoms with Gasteiger partial charge in [-0.3, -0.25) is 4.79 Å². The molecular weight excluding hydrogens is 128 g/mol. The van der Waals surface area contributed by atoms with E-state index in [2.05, 4.69) is 22.4 Å². The van der Waals surface area contributed by atoms with Crippen molar-refractivity contribution in [3.8, 4) is 0 Å². The van der Waals surface area contributed by atoms with Crippen LogP contribution in [0, 0.1) is 0 Å². The molecule has 0 saturated heterocycles. The summed E-state index contributed by atoms with van der Waals surface area (Å²) in [6, 6.07) is -0.176. The highest BCUT2D eigenvalue weighted by Gasteiger charge is 1.89. The number of ether oxygens (including phenoxy) is 1. The smallest absolute Gasteiger partial charge is 0.306 e. The molecule has 4 nitrogen and oxygen atoms in total. The first kappa shape index (κ1) is 7.29. The lowest BCUT2D eigenvalue weighted by Gasteiger charge is -1.91. The average molecular weight is 134 g/mol. The molecule has 0 fully saturated rings. The molecule has 0 spiro atoms. The molecular formula is C3H6N2O2S. The molecule has 0 aromatic rings. The van der Waals surface area contributed by atoms with E-state index in [0.717, 1.165) is 0 Å². The van der Waals surface area contributed by atoms with Crippen LogP contribution >= 0.6 is 12.6 Å². The minimum atomic E-state index is -0.663. The molecule has 0 saturated carbocycles. The number of amides is 1. The van der Waals surface area contributed by atoms with E-state index in [1.54, 1.807) is 0 Å². The Bertz CT molecular complexity index is 122. The van der Waals surface area contributed by atoms with Gasteiger partial charge < -0.3 is 10.5 Å². The third-order valence-corrected chi connectivity index (χ3v) is 0.515. The van der Waals surface area contributed by atoms with Crippen molar-refractivity contribution in [1.82, 2.24) is 0 Å². The number of carbonyl (C=O) groups is 1. The van der Waals surface area contributed by atoms with Crippen LogP contribution in [-0.4, -0.2) is 18.4 Å². The normalized spacial score (nSPS) is 11.0. The number of nitrogens with two attached hydrogens (primary N) is 1. The van der Waals surface area contributed by atoms with E-state index >= 15 is 0 Å². The predicted molar refractivity (Wildman–Crippen MR) is 33.0 cm³/mol. The van der Waals surface area contributed by atoms with Gasteiger partial charge in [0.25, 0.3) is 6.02 Å². The molecule has 2 N–H and O–H groups in total. The first-order chi connectivity index (χ1) is 3.66. The molecule has 0 radical (unpaired) electrons. The number of rotatable bonds is 0. The summed E-state index contributed by atoms with van der Waals surface area (Å²) in [5.74, 6) is 0. The average Bonchev–Trinajstić information content (AvgIpc) is 1.65. The Morgan fingerprint density at radius 3 is 2.50 bits per heavy atom. The van der Waals surface area contributed by atoms with E-state index in [0.29, 0.717) is 0 Å². The standard InChI is InChI=1S/C3H6N2O2S/c1-7-2(4)5-3(6)8/h1H3,(H3,4,5,6,8). The SMILES string of the molecule is CO/C(N)=N/C(=O)S. The largest absolute Gasteiger partial charge is 0.468 e. The maximum atomic E-state index is 9.93. The topological polar surface area (TPSA) is 64.7 Å². The van der Waals surface area contributed by atoms with Gasteiger partial charge in [-0.15, -0.1) is 0 Å². The summed E-state index contributed by atoms with van der Waals surface area (Å²) in [6.45, 7) is 0. The summed E-state index contributed by atoms with van der Waals surface area (Å²) in [4.78, 5) is 13.0. The molecule has 1 amide bonds. The van der Waals surface area contributed by atoms with Gasteiger partial charge in [0, 0.05) is 0 Å². The van der Waals surface area contributed by atoms with Crippen LogP contribution in [0.2, 0.25) is 0 Å². The Morgan fingerprint density at radius 2 is 2.38 bits per heavy atom. The number of aliphatic imine (C=N–C) groups is 1. The van der Waals surface area contributed by atoms with Gasteiger partial charge in [-0.05, 0) is 0 Å². The zero-order valence-corrected chi connectivity index (χ0v) is 5.18. The number of hydrogen-bond acceptors (Lipinski definition) is 2. The summed E-state index contributed by atoms with van der Waals surface area (Å²) >= 11 is 3.30. The van der Waals surface area contributed by atoms with Gasteiger partial charge in [0.1, 0.15) is 0 Å². The van der Waals surface area contributed by atoms with Gasteiger partial charge in [-0.2, -0.15) is 4.99 Å². The Kier molecular flexibility index (Phi) is 3.02. The summed E-state index contributed by atoms with van der Waals surface area (Å²) in [5, 5.41) is -0.663. The highest BCUT2D eigenvalue weighted by molar-refractivity contribution is 7.96. The minimum absolute atomic E-state index is 0.176. The van der Waals surface area contributed by atoms with Crippen LogP contribution in [0.25, 0.3) is 0 Å². The van der Waals surface area contributed by atoms with Crippen molar-refractivity contribution in [2.45, 2.75) is 0 Å². The quantitative estimate of drug-likeness (QED) is 0.278. The van der Waals surface area contributed by atoms with Gasteiger partial charge in [0.2, 0.25) is 0 Å². The van der Waals surface area contributed by atoms with Crippen LogP contribution in [0.4, 0.5) is 4.79 Å². The molecule has 0 aliphatic heterocycles. The fraction of sp³-hybridized carbons (Fsp3) is 0.333. The Morgan fingerprint density at radius 1 is 1.88 bits per heavy atom. The number of carbonyl (C=O) groups excluding carboxylic acids is 1. The number of thiol groups is 1. The molecule has 0 atom stereocenters. The van der Waals surface area contributed by atoms with E-state index < -0.39 is 5.24 Å². The molecule has 0 aliphatic rings. The molecule has 0 rings (SSSR count). The van der Waals surface area contributed by atoms with E-state index in [1.807, 2.05) is 0 Å². The zero-order chi connectivity index (χ0) is 6.57. The summed E-state index contributed by atoms with van der Waals surface area (Å²) in [7, 11) is 1.32. The van der Waals surface area contributed by atoms with Gasteiger partial charge in [0.15, 0.2) is 0 Å². The molecule has 0 heterocycles. The van der Waals surface area contributed by atoms with Crippen LogP contribution in [0.1, 0.15) is 0 Å². The maximum absolute atomic E-state index is 9.93. The lowest BCUT2D eigenvalue weighted by Crippen LogP contribution is -2.14. The van der Waals surface area contributed by atoms with Gasteiger partial charge >= 0.3 is 5.24 Å². The van der Waals surface area contributed by atoms with Crippen molar-refractivity contribution < 1.29 is 9.53 Å². The van der Waals surface area contributed by atoms with Crippen molar-refractivity contribution in [1.29, 1.82) is 0 Å². The number of methoxy groups -OCH3 is 1. The fourth-order valence-corrected chi connectivity index (χ4v) is 0.238. The third kappa shape index (κ3) is 3.48. The first-order valence-electron chi connectivity index (χ1n) is 1.78. The van der Waals surface area contributed by atoms with Gasteiger partial charge in [-0.1, -0.05) is 12.6 Å². The molecule has 0 unspecified atom stereocenters. The Balaban J connectivity index is 3.75. The van der Waals surface area contributed by atoms with Crippen LogP contribution in [0.5, 0.6) is 0 Å². The van der Waals surface area contributed by atoms with Crippen LogP contribution in [-0.2, 0) is 4.74 Å². The van der Waals surface area contributed by atoms with Crippen LogP contribution in [0.15, 0.2) is 4.99 Å². The Labute approximate surface area is 52.1 Å². The molecule has 0 bridgehead atoms. The number of hydrogen-bond donors (Lipinski definition) is 2. The second-order valence-corrected chi connectivity index (χ2v) is 1.32. The predicted octanol–water partition coefficient (Wildman–Crippen LogP) is -0.00270. The van der Waals surface area contributed by atoms with E-state index in [4.69, 9.17) is 5.73 Å². The maximum Gasteiger partial charge on any atom is 0.306 e. The fourth-order valence-electron chi connectivity index (χ4n) is 0.140. The third-order valence-electron chi connectivity index (χ3n) is 0.415. The van der Waals surface area contributed by atoms with Gasteiger partial charge in [-0.25, -0.2) is 0 Å². The van der Waals surface area contributed by atoms with Crippen molar-refractivity contribution in [2.24, 2.45) is 10.7 Å². The van der Waals surface area contributed by atoms with Crippen LogP contribution in [0.3, 0.4) is 0 Å². The van der Waals surface area contributed by atoms with Crippen LogP contribution < -0.4 is 5.73 Å². The lowest BCUT2D eigenvalue weighted by atomic mass is 11.1. The lowest BCUT2D eigenvalue weighted by molar-refractivity contribution is 0.267. The highest BCUT2D eigenvalue weighted by Crippen LogP contribution is 1.82.